The Morgan fingerprint density at radius 2 is 2.21 bits per heavy atom. The summed E-state index contributed by atoms with van der Waals surface area (Å²) in [5.74, 6) is 0. The number of hydrogen-bond donors (Lipinski definition) is 1. The van der Waals surface area contributed by atoms with Gasteiger partial charge in [0.1, 0.15) is 0 Å². The van der Waals surface area contributed by atoms with E-state index in [4.69, 9.17) is 9.84 Å². The maximum Gasteiger partial charge on any atom is 0.0669 e. The van der Waals surface area contributed by atoms with Crippen molar-refractivity contribution < 1.29 is 4.74 Å². The van der Waals surface area contributed by atoms with Crippen LogP contribution in [0, 0.1) is 0 Å². The largest absolute Gasteiger partial charge is 0.378 e. The van der Waals surface area contributed by atoms with Gasteiger partial charge in [-0.15, -0.1) is 0 Å². The standard InChI is InChI=1S/C15H27N3O/c1-4-14-13(11-16-3)15(5-2)18(17-14)9-8-12-7-6-10-19-12/h12,16H,4-11H2,1-3H3. The van der Waals surface area contributed by atoms with Crippen molar-refractivity contribution in [3.63, 3.8) is 0 Å². The molecule has 1 aliphatic heterocycles. The summed E-state index contributed by atoms with van der Waals surface area (Å²) in [6.45, 7) is 7.26. The third-order valence-corrected chi connectivity index (χ3v) is 3.96. The minimum atomic E-state index is 0.451. The maximum atomic E-state index is 5.71. The molecule has 1 saturated heterocycles. The predicted octanol–water partition coefficient (Wildman–Crippen LogP) is 2.30. The Morgan fingerprint density at radius 1 is 1.37 bits per heavy atom. The minimum Gasteiger partial charge on any atom is -0.378 e. The van der Waals surface area contributed by atoms with Crippen molar-refractivity contribution in [2.24, 2.45) is 0 Å². The van der Waals surface area contributed by atoms with Crippen molar-refractivity contribution in [2.45, 2.75) is 65.1 Å². The molecule has 2 rings (SSSR count). The van der Waals surface area contributed by atoms with Gasteiger partial charge >= 0.3 is 0 Å². The number of rotatable bonds is 7. The third kappa shape index (κ3) is 3.37. The summed E-state index contributed by atoms with van der Waals surface area (Å²) < 4.78 is 7.92. The molecule has 1 aromatic heterocycles. The van der Waals surface area contributed by atoms with Crippen molar-refractivity contribution in [1.82, 2.24) is 15.1 Å². The summed E-state index contributed by atoms with van der Waals surface area (Å²) in [5.41, 5.74) is 4.04. The van der Waals surface area contributed by atoms with Gasteiger partial charge in [0.15, 0.2) is 0 Å². The highest BCUT2D eigenvalue weighted by Crippen LogP contribution is 2.20. The third-order valence-electron chi connectivity index (χ3n) is 3.96. The van der Waals surface area contributed by atoms with Crippen molar-refractivity contribution in [3.8, 4) is 0 Å². The van der Waals surface area contributed by atoms with E-state index >= 15 is 0 Å². The molecule has 1 N–H and O–H groups in total. The Labute approximate surface area is 116 Å². The molecule has 1 aromatic rings. The number of nitrogens with one attached hydrogen (secondary N) is 1. The van der Waals surface area contributed by atoms with E-state index in [0.717, 1.165) is 39.0 Å². The number of aryl methyl sites for hydroxylation is 2. The van der Waals surface area contributed by atoms with Crippen LogP contribution in [0.1, 0.15) is 50.1 Å². The fourth-order valence-electron chi connectivity index (χ4n) is 2.97. The molecule has 1 fully saturated rings. The lowest BCUT2D eigenvalue weighted by Gasteiger charge is -2.11. The highest BCUT2D eigenvalue weighted by atomic mass is 16.5. The Balaban J connectivity index is 2.09. The van der Waals surface area contributed by atoms with E-state index in [-0.39, 0.29) is 0 Å². The summed E-state index contributed by atoms with van der Waals surface area (Å²) in [5, 5.41) is 8.07. The molecule has 0 amide bonds. The molecule has 0 aliphatic carbocycles. The van der Waals surface area contributed by atoms with Crippen LogP contribution in [0.15, 0.2) is 0 Å². The van der Waals surface area contributed by atoms with Crippen LogP contribution in [0.2, 0.25) is 0 Å². The fourth-order valence-corrected chi connectivity index (χ4v) is 2.97. The molecule has 1 atom stereocenters. The van der Waals surface area contributed by atoms with Crippen molar-refractivity contribution in [2.75, 3.05) is 13.7 Å². The lowest BCUT2D eigenvalue weighted by Crippen LogP contribution is -2.14. The number of hydrogen-bond acceptors (Lipinski definition) is 3. The molecule has 0 aromatic carbocycles. The molecule has 1 unspecified atom stereocenters. The zero-order valence-electron chi connectivity index (χ0n) is 12.5. The van der Waals surface area contributed by atoms with Gasteiger partial charge in [0.25, 0.3) is 0 Å². The van der Waals surface area contributed by atoms with E-state index < -0.39 is 0 Å². The van der Waals surface area contributed by atoms with Gasteiger partial charge in [0.05, 0.1) is 11.8 Å². The second kappa shape index (κ2) is 7.06. The van der Waals surface area contributed by atoms with Crippen molar-refractivity contribution in [3.05, 3.63) is 17.0 Å². The van der Waals surface area contributed by atoms with Gasteiger partial charge in [0.2, 0.25) is 0 Å². The first kappa shape index (κ1) is 14.5. The lowest BCUT2D eigenvalue weighted by atomic mass is 10.1. The SMILES string of the molecule is CCc1nn(CCC2CCCO2)c(CC)c1CNC. The van der Waals surface area contributed by atoms with E-state index in [9.17, 15) is 0 Å². The smallest absolute Gasteiger partial charge is 0.0669 e. The maximum absolute atomic E-state index is 5.71. The van der Waals surface area contributed by atoms with Crippen LogP contribution in [-0.4, -0.2) is 29.5 Å². The quantitative estimate of drug-likeness (QED) is 0.822. The second-order valence-electron chi connectivity index (χ2n) is 5.26. The van der Waals surface area contributed by atoms with Crippen LogP contribution >= 0.6 is 0 Å². The zero-order valence-corrected chi connectivity index (χ0v) is 12.5. The minimum absolute atomic E-state index is 0.451. The zero-order chi connectivity index (χ0) is 13.7. The summed E-state index contributed by atoms with van der Waals surface area (Å²) >= 11 is 0. The number of nitrogens with zero attached hydrogens (tertiary/aromatic N) is 2. The molecule has 0 spiro atoms. The molecular formula is C15H27N3O. The highest BCUT2D eigenvalue weighted by molar-refractivity contribution is 5.26. The van der Waals surface area contributed by atoms with Crippen LogP contribution in [-0.2, 0) is 30.7 Å². The molecule has 0 bridgehead atoms. The average Bonchev–Trinajstić information content (AvgIpc) is 3.04. The van der Waals surface area contributed by atoms with Gasteiger partial charge in [-0.3, -0.25) is 4.68 Å². The van der Waals surface area contributed by atoms with Crippen LogP contribution in [0.25, 0.3) is 0 Å². The molecular weight excluding hydrogens is 238 g/mol. The Kier molecular flexibility index (Phi) is 5.40. The molecule has 4 nitrogen and oxygen atoms in total. The highest BCUT2D eigenvalue weighted by Gasteiger charge is 2.18. The summed E-state index contributed by atoms with van der Waals surface area (Å²) in [7, 11) is 2.00. The van der Waals surface area contributed by atoms with Crippen LogP contribution < -0.4 is 5.32 Å². The van der Waals surface area contributed by atoms with Crippen LogP contribution in [0.5, 0.6) is 0 Å². The Bertz CT molecular complexity index is 394. The number of aromatic nitrogens is 2. The molecule has 0 radical (unpaired) electrons. The van der Waals surface area contributed by atoms with Crippen LogP contribution in [0.3, 0.4) is 0 Å². The summed E-state index contributed by atoms with van der Waals surface area (Å²) in [6, 6.07) is 0. The van der Waals surface area contributed by atoms with Gasteiger partial charge in [-0.1, -0.05) is 13.8 Å². The van der Waals surface area contributed by atoms with Crippen LogP contribution in [0.4, 0.5) is 0 Å². The first-order chi connectivity index (χ1) is 9.30. The molecule has 2 heterocycles. The summed E-state index contributed by atoms with van der Waals surface area (Å²) in [6.07, 6.45) is 6.04. The van der Waals surface area contributed by atoms with Gasteiger partial charge < -0.3 is 10.1 Å². The van der Waals surface area contributed by atoms with E-state index in [1.54, 1.807) is 0 Å². The van der Waals surface area contributed by atoms with Gasteiger partial charge in [-0.2, -0.15) is 5.10 Å². The van der Waals surface area contributed by atoms with E-state index in [2.05, 4.69) is 23.8 Å². The molecule has 4 heteroatoms. The lowest BCUT2D eigenvalue weighted by molar-refractivity contribution is 0.0992. The fraction of sp³-hybridized carbons (Fsp3) is 0.800. The van der Waals surface area contributed by atoms with Crippen molar-refractivity contribution in [1.29, 1.82) is 0 Å². The Morgan fingerprint density at radius 3 is 2.79 bits per heavy atom. The van der Waals surface area contributed by atoms with E-state index in [1.165, 1.54) is 29.8 Å². The predicted molar refractivity (Wildman–Crippen MR) is 77.3 cm³/mol. The van der Waals surface area contributed by atoms with Gasteiger partial charge in [0, 0.05) is 31.0 Å². The second-order valence-corrected chi connectivity index (χ2v) is 5.26. The number of ether oxygens (including phenoxy) is 1. The van der Waals surface area contributed by atoms with Gasteiger partial charge in [-0.25, -0.2) is 0 Å². The van der Waals surface area contributed by atoms with E-state index in [1.807, 2.05) is 7.05 Å². The van der Waals surface area contributed by atoms with Crippen molar-refractivity contribution >= 4 is 0 Å². The molecule has 1 aliphatic rings. The molecule has 0 saturated carbocycles. The first-order valence-corrected chi connectivity index (χ1v) is 7.63. The van der Waals surface area contributed by atoms with Gasteiger partial charge in [-0.05, 0) is 39.2 Å². The average molecular weight is 265 g/mol. The Hall–Kier alpha value is -0.870. The molecule has 19 heavy (non-hydrogen) atoms. The molecule has 108 valence electrons. The normalized spacial score (nSPS) is 19.2. The monoisotopic (exact) mass is 265 g/mol. The summed E-state index contributed by atoms with van der Waals surface area (Å²) in [4.78, 5) is 0. The first-order valence-electron chi connectivity index (χ1n) is 7.63. The van der Waals surface area contributed by atoms with E-state index in [0.29, 0.717) is 6.10 Å². The topological polar surface area (TPSA) is 39.1 Å².